The van der Waals surface area contributed by atoms with E-state index in [0.717, 1.165) is 5.56 Å². The standard InChI is InChI=1S/C10H9N3O2/c11-10(14)13-8-3-1-7(2-4-8)9-5-12-6-15-9/h1-6H,(H3,11,13,14). The zero-order valence-corrected chi connectivity index (χ0v) is 7.81. The van der Waals surface area contributed by atoms with Crippen molar-refractivity contribution >= 4 is 11.7 Å². The number of aromatic nitrogens is 1. The van der Waals surface area contributed by atoms with Crippen LogP contribution in [0.1, 0.15) is 0 Å². The number of hydrogen-bond acceptors (Lipinski definition) is 3. The van der Waals surface area contributed by atoms with Crippen LogP contribution in [0.3, 0.4) is 0 Å². The summed E-state index contributed by atoms with van der Waals surface area (Å²) in [5, 5.41) is 2.47. The first-order valence-corrected chi connectivity index (χ1v) is 4.31. The van der Waals surface area contributed by atoms with Crippen molar-refractivity contribution in [3.05, 3.63) is 36.9 Å². The Morgan fingerprint density at radius 3 is 2.60 bits per heavy atom. The molecule has 1 aromatic carbocycles. The summed E-state index contributed by atoms with van der Waals surface area (Å²) in [4.78, 5) is 14.4. The Morgan fingerprint density at radius 2 is 2.07 bits per heavy atom. The van der Waals surface area contributed by atoms with Crippen LogP contribution in [0.25, 0.3) is 11.3 Å². The Balaban J connectivity index is 2.21. The zero-order chi connectivity index (χ0) is 10.7. The van der Waals surface area contributed by atoms with Crippen molar-refractivity contribution in [2.45, 2.75) is 0 Å². The lowest BCUT2D eigenvalue weighted by molar-refractivity contribution is 0.259. The highest BCUT2D eigenvalue weighted by Gasteiger charge is 2.01. The van der Waals surface area contributed by atoms with Gasteiger partial charge in [-0.2, -0.15) is 0 Å². The lowest BCUT2D eigenvalue weighted by Gasteiger charge is -2.01. The molecule has 0 atom stereocenters. The largest absolute Gasteiger partial charge is 0.444 e. The summed E-state index contributed by atoms with van der Waals surface area (Å²) in [6.45, 7) is 0. The van der Waals surface area contributed by atoms with Crippen molar-refractivity contribution in [3.8, 4) is 11.3 Å². The third-order valence-corrected chi connectivity index (χ3v) is 1.87. The fraction of sp³-hybridized carbons (Fsp3) is 0. The number of carbonyl (C=O) groups excluding carboxylic acids is 1. The van der Waals surface area contributed by atoms with Crippen LogP contribution >= 0.6 is 0 Å². The summed E-state index contributed by atoms with van der Waals surface area (Å²) in [7, 11) is 0. The molecule has 0 unspecified atom stereocenters. The predicted octanol–water partition coefficient (Wildman–Crippen LogP) is 1.83. The van der Waals surface area contributed by atoms with Crippen molar-refractivity contribution in [1.29, 1.82) is 0 Å². The van der Waals surface area contributed by atoms with Gasteiger partial charge in [0.2, 0.25) is 0 Å². The molecule has 2 aromatic rings. The topological polar surface area (TPSA) is 81.2 Å². The molecule has 76 valence electrons. The molecule has 1 aromatic heterocycles. The number of anilines is 1. The Bertz CT molecular complexity index is 448. The maximum absolute atomic E-state index is 10.6. The highest BCUT2D eigenvalue weighted by molar-refractivity contribution is 5.88. The Kier molecular flexibility index (Phi) is 2.37. The molecule has 2 rings (SSSR count). The van der Waals surface area contributed by atoms with Gasteiger partial charge >= 0.3 is 6.03 Å². The molecule has 0 aliphatic heterocycles. The summed E-state index contributed by atoms with van der Waals surface area (Å²) in [6, 6.07) is 6.52. The summed E-state index contributed by atoms with van der Waals surface area (Å²) in [5.41, 5.74) is 6.51. The van der Waals surface area contributed by atoms with Crippen molar-refractivity contribution in [1.82, 2.24) is 4.98 Å². The molecule has 0 aliphatic rings. The third kappa shape index (κ3) is 2.14. The number of nitrogens with one attached hydrogen (secondary N) is 1. The molecule has 5 heteroatoms. The first-order chi connectivity index (χ1) is 7.25. The smallest absolute Gasteiger partial charge is 0.316 e. The van der Waals surface area contributed by atoms with E-state index >= 15 is 0 Å². The van der Waals surface area contributed by atoms with Crippen LogP contribution in [0.2, 0.25) is 0 Å². The summed E-state index contributed by atoms with van der Waals surface area (Å²) < 4.78 is 5.12. The number of rotatable bonds is 2. The molecule has 0 bridgehead atoms. The van der Waals surface area contributed by atoms with Crippen LogP contribution < -0.4 is 11.1 Å². The molecule has 5 nitrogen and oxygen atoms in total. The van der Waals surface area contributed by atoms with Crippen molar-refractivity contribution in [3.63, 3.8) is 0 Å². The first-order valence-electron chi connectivity index (χ1n) is 4.31. The zero-order valence-electron chi connectivity index (χ0n) is 7.81. The second kappa shape index (κ2) is 3.83. The van der Waals surface area contributed by atoms with E-state index in [4.69, 9.17) is 10.2 Å². The Hall–Kier alpha value is -2.30. The van der Waals surface area contributed by atoms with Gasteiger partial charge in [0.1, 0.15) is 0 Å². The lowest BCUT2D eigenvalue weighted by atomic mass is 10.2. The average Bonchev–Trinajstić information content (AvgIpc) is 2.71. The van der Waals surface area contributed by atoms with E-state index in [0.29, 0.717) is 11.4 Å². The van der Waals surface area contributed by atoms with Gasteiger partial charge in [-0.15, -0.1) is 0 Å². The van der Waals surface area contributed by atoms with E-state index < -0.39 is 6.03 Å². The Labute approximate surface area is 85.9 Å². The van der Waals surface area contributed by atoms with Crippen LogP contribution in [0.5, 0.6) is 0 Å². The van der Waals surface area contributed by atoms with Crippen molar-refractivity contribution in [2.75, 3.05) is 5.32 Å². The van der Waals surface area contributed by atoms with Gasteiger partial charge < -0.3 is 15.5 Å². The van der Waals surface area contributed by atoms with E-state index in [-0.39, 0.29) is 0 Å². The molecule has 0 saturated heterocycles. The Morgan fingerprint density at radius 1 is 1.33 bits per heavy atom. The van der Waals surface area contributed by atoms with Gasteiger partial charge in [0, 0.05) is 11.3 Å². The fourth-order valence-electron chi connectivity index (χ4n) is 1.22. The molecule has 15 heavy (non-hydrogen) atoms. The van der Waals surface area contributed by atoms with Crippen molar-refractivity contribution < 1.29 is 9.21 Å². The number of amides is 2. The van der Waals surface area contributed by atoms with Gasteiger partial charge in [0.25, 0.3) is 0 Å². The molecule has 0 aliphatic carbocycles. The molecule has 0 radical (unpaired) electrons. The SMILES string of the molecule is NC(=O)Nc1ccc(-c2cnco2)cc1. The van der Waals surface area contributed by atoms with Crippen LogP contribution in [-0.4, -0.2) is 11.0 Å². The molecule has 0 fully saturated rings. The summed E-state index contributed by atoms with van der Waals surface area (Å²) >= 11 is 0. The molecular formula is C10H9N3O2. The van der Waals surface area contributed by atoms with Gasteiger partial charge in [-0.25, -0.2) is 9.78 Å². The average molecular weight is 203 g/mol. The fourth-order valence-corrected chi connectivity index (χ4v) is 1.22. The molecular weight excluding hydrogens is 194 g/mol. The molecule has 1 heterocycles. The van der Waals surface area contributed by atoms with Gasteiger partial charge in [-0.05, 0) is 24.3 Å². The molecule has 2 amide bonds. The number of hydrogen-bond donors (Lipinski definition) is 2. The van der Waals surface area contributed by atoms with Gasteiger partial charge in [-0.3, -0.25) is 0 Å². The molecule has 0 saturated carbocycles. The van der Waals surface area contributed by atoms with Crippen molar-refractivity contribution in [2.24, 2.45) is 5.73 Å². The monoisotopic (exact) mass is 203 g/mol. The van der Waals surface area contributed by atoms with Gasteiger partial charge in [0.15, 0.2) is 12.2 Å². The number of carbonyl (C=O) groups is 1. The number of urea groups is 1. The quantitative estimate of drug-likeness (QED) is 0.781. The van der Waals surface area contributed by atoms with Gasteiger partial charge in [0.05, 0.1) is 6.20 Å². The number of primary amides is 1. The minimum atomic E-state index is -0.581. The number of nitrogens with two attached hydrogens (primary N) is 1. The summed E-state index contributed by atoms with van der Waals surface area (Å²) in [5.74, 6) is 0.681. The third-order valence-electron chi connectivity index (χ3n) is 1.87. The summed E-state index contributed by atoms with van der Waals surface area (Å²) in [6.07, 6.45) is 2.99. The minimum absolute atomic E-state index is 0.581. The predicted molar refractivity (Wildman–Crippen MR) is 55.1 cm³/mol. The number of nitrogens with zero attached hydrogens (tertiary/aromatic N) is 1. The minimum Gasteiger partial charge on any atom is -0.444 e. The molecule has 0 spiro atoms. The van der Waals surface area contributed by atoms with E-state index in [1.165, 1.54) is 6.39 Å². The van der Waals surface area contributed by atoms with Crippen LogP contribution in [0, 0.1) is 0 Å². The van der Waals surface area contributed by atoms with Gasteiger partial charge in [-0.1, -0.05) is 0 Å². The second-order valence-corrected chi connectivity index (χ2v) is 2.93. The highest BCUT2D eigenvalue weighted by Crippen LogP contribution is 2.20. The van der Waals surface area contributed by atoms with E-state index in [1.807, 2.05) is 12.1 Å². The van der Waals surface area contributed by atoms with Crippen LogP contribution in [0.15, 0.2) is 41.3 Å². The second-order valence-electron chi connectivity index (χ2n) is 2.93. The normalized spacial score (nSPS) is 9.87. The van der Waals surface area contributed by atoms with Crippen LogP contribution in [0.4, 0.5) is 10.5 Å². The highest BCUT2D eigenvalue weighted by atomic mass is 16.3. The molecule has 3 N–H and O–H groups in total. The van der Waals surface area contributed by atoms with Crippen LogP contribution in [-0.2, 0) is 0 Å². The van der Waals surface area contributed by atoms with E-state index in [9.17, 15) is 4.79 Å². The first kappa shape index (κ1) is 9.26. The number of benzene rings is 1. The maximum atomic E-state index is 10.6. The van der Waals surface area contributed by atoms with E-state index in [2.05, 4.69) is 10.3 Å². The lowest BCUT2D eigenvalue weighted by Crippen LogP contribution is -2.19. The number of oxazole rings is 1. The maximum Gasteiger partial charge on any atom is 0.316 e. The van der Waals surface area contributed by atoms with E-state index in [1.54, 1.807) is 18.3 Å².